The molecule has 0 saturated heterocycles. The molecule has 0 aromatic carbocycles. The van der Waals surface area contributed by atoms with Gasteiger partial charge < -0.3 is 5.11 Å². The Hall–Kier alpha value is -1.62. The fourth-order valence-corrected chi connectivity index (χ4v) is 2.18. The van der Waals surface area contributed by atoms with Crippen molar-refractivity contribution in [2.24, 2.45) is 5.84 Å². The number of carboxylic acids is 1. The zero-order chi connectivity index (χ0) is 17.2. The van der Waals surface area contributed by atoms with Crippen molar-refractivity contribution in [2.45, 2.75) is 77.0 Å². The number of hydrogen-bond donors (Lipinski definition) is 3. The van der Waals surface area contributed by atoms with Crippen LogP contribution in [0.4, 0.5) is 0 Å². The summed E-state index contributed by atoms with van der Waals surface area (Å²) < 4.78 is 0. The van der Waals surface area contributed by atoms with Crippen LogP contribution in [0.1, 0.15) is 77.0 Å². The Kier molecular flexibility index (Phi) is 15.6. The van der Waals surface area contributed by atoms with Gasteiger partial charge in [-0.1, -0.05) is 37.1 Å². The maximum absolute atomic E-state index is 10.9. The van der Waals surface area contributed by atoms with E-state index in [9.17, 15) is 9.59 Å². The molecule has 0 unspecified atom stereocenters. The zero-order valence-electron chi connectivity index (χ0n) is 14.1. The summed E-state index contributed by atoms with van der Waals surface area (Å²) in [7, 11) is 0. The Morgan fingerprint density at radius 1 is 0.739 bits per heavy atom. The Bertz CT molecular complexity index is 365. The summed E-state index contributed by atoms with van der Waals surface area (Å²) in [6.07, 6.45) is 19.7. The molecule has 0 aliphatic heterocycles. The van der Waals surface area contributed by atoms with E-state index in [0.717, 1.165) is 64.2 Å². The Balaban J connectivity index is 3.25. The number of rotatable bonds is 15. The molecule has 1 amide bonds. The molecule has 132 valence electrons. The molecule has 0 atom stereocenters. The summed E-state index contributed by atoms with van der Waals surface area (Å²) in [4.78, 5) is 21.2. The summed E-state index contributed by atoms with van der Waals surface area (Å²) in [5.74, 6) is 4.22. The van der Waals surface area contributed by atoms with E-state index in [1.165, 1.54) is 0 Å². The minimum Gasteiger partial charge on any atom is -0.481 e. The van der Waals surface area contributed by atoms with Gasteiger partial charge in [0.1, 0.15) is 0 Å². The SMILES string of the molecule is NNC(=O)CCCCCC=CCCC=CCCCCCC(=O)O. The van der Waals surface area contributed by atoms with Gasteiger partial charge in [0.25, 0.3) is 0 Å². The molecule has 0 heterocycles. The minimum absolute atomic E-state index is 0.0887. The molecule has 0 aliphatic carbocycles. The quantitative estimate of drug-likeness (QED) is 0.140. The molecule has 0 radical (unpaired) electrons. The molecule has 5 nitrogen and oxygen atoms in total. The highest BCUT2D eigenvalue weighted by atomic mass is 16.4. The van der Waals surface area contributed by atoms with Crippen LogP contribution in [0.2, 0.25) is 0 Å². The van der Waals surface area contributed by atoms with Crippen molar-refractivity contribution in [3.05, 3.63) is 24.3 Å². The molecule has 0 spiro atoms. The fraction of sp³-hybridized carbons (Fsp3) is 0.667. The van der Waals surface area contributed by atoms with Gasteiger partial charge in [-0.05, 0) is 51.4 Å². The van der Waals surface area contributed by atoms with Gasteiger partial charge in [0.05, 0.1) is 0 Å². The average molecular weight is 324 g/mol. The summed E-state index contributed by atoms with van der Waals surface area (Å²) >= 11 is 0. The van der Waals surface area contributed by atoms with Gasteiger partial charge in [-0.2, -0.15) is 0 Å². The van der Waals surface area contributed by atoms with Crippen LogP contribution in [0.3, 0.4) is 0 Å². The van der Waals surface area contributed by atoms with Gasteiger partial charge in [-0.3, -0.25) is 15.0 Å². The van der Waals surface area contributed by atoms with E-state index in [0.29, 0.717) is 6.42 Å². The minimum atomic E-state index is -0.701. The summed E-state index contributed by atoms with van der Waals surface area (Å²) in [5.41, 5.74) is 2.14. The molecule has 5 heteroatoms. The van der Waals surface area contributed by atoms with Gasteiger partial charge in [-0.15, -0.1) is 0 Å². The normalized spacial score (nSPS) is 11.3. The number of carbonyl (C=O) groups is 2. The van der Waals surface area contributed by atoms with E-state index in [2.05, 4.69) is 29.7 Å². The molecular weight excluding hydrogens is 292 g/mol. The molecule has 0 aromatic heterocycles. The third-order valence-electron chi connectivity index (χ3n) is 3.53. The first-order valence-electron chi connectivity index (χ1n) is 8.68. The molecule has 0 fully saturated rings. The largest absolute Gasteiger partial charge is 0.481 e. The molecule has 23 heavy (non-hydrogen) atoms. The number of hydrazine groups is 1. The van der Waals surface area contributed by atoms with Crippen LogP contribution < -0.4 is 11.3 Å². The second kappa shape index (κ2) is 16.7. The second-order valence-corrected chi connectivity index (χ2v) is 5.68. The average Bonchev–Trinajstić information content (AvgIpc) is 2.53. The Morgan fingerprint density at radius 2 is 1.22 bits per heavy atom. The number of amides is 1. The smallest absolute Gasteiger partial charge is 0.303 e. The standard InChI is InChI=1S/C18H32N2O3/c19-20-17(21)15-13-11-9-7-5-3-1-2-4-6-8-10-12-14-16-18(22)23/h3-6H,1-2,7-16,19H2,(H,20,21)(H,22,23). The number of hydrogen-bond acceptors (Lipinski definition) is 3. The number of allylic oxidation sites excluding steroid dienone is 4. The first-order valence-corrected chi connectivity index (χ1v) is 8.68. The number of carbonyl (C=O) groups excluding carboxylic acids is 1. The van der Waals surface area contributed by atoms with E-state index >= 15 is 0 Å². The number of nitrogens with two attached hydrogens (primary N) is 1. The lowest BCUT2D eigenvalue weighted by molar-refractivity contribution is -0.137. The lowest BCUT2D eigenvalue weighted by Crippen LogP contribution is -2.29. The highest BCUT2D eigenvalue weighted by Gasteiger charge is 1.96. The third kappa shape index (κ3) is 18.3. The lowest BCUT2D eigenvalue weighted by Gasteiger charge is -1.98. The van der Waals surface area contributed by atoms with Crippen molar-refractivity contribution < 1.29 is 14.7 Å². The van der Waals surface area contributed by atoms with Crippen molar-refractivity contribution in [1.82, 2.24) is 5.43 Å². The van der Waals surface area contributed by atoms with Crippen LogP contribution in [0.15, 0.2) is 24.3 Å². The van der Waals surface area contributed by atoms with Crippen molar-refractivity contribution in [2.75, 3.05) is 0 Å². The van der Waals surface area contributed by atoms with Gasteiger partial charge in [-0.25, -0.2) is 5.84 Å². The van der Waals surface area contributed by atoms with E-state index in [-0.39, 0.29) is 12.3 Å². The van der Waals surface area contributed by atoms with Crippen LogP contribution in [0, 0.1) is 0 Å². The molecule has 0 saturated carbocycles. The maximum atomic E-state index is 10.9. The third-order valence-corrected chi connectivity index (χ3v) is 3.53. The Labute approximate surface area is 140 Å². The van der Waals surface area contributed by atoms with Gasteiger partial charge in [0.2, 0.25) is 5.91 Å². The van der Waals surface area contributed by atoms with E-state index < -0.39 is 5.97 Å². The highest BCUT2D eigenvalue weighted by molar-refractivity contribution is 5.75. The van der Waals surface area contributed by atoms with Crippen molar-refractivity contribution in [3.8, 4) is 0 Å². The first kappa shape index (κ1) is 21.4. The zero-order valence-corrected chi connectivity index (χ0v) is 14.1. The van der Waals surface area contributed by atoms with Crippen LogP contribution in [0.25, 0.3) is 0 Å². The van der Waals surface area contributed by atoms with E-state index in [1.54, 1.807) is 0 Å². The number of nitrogens with one attached hydrogen (secondary N) is 1. The summed E-state index contributed by atoms with van der Waals surface area (Å²) in [5, 5.41) is 8.51. The predicted molar refractivity (Wildman–Crippen MR) is 93.6 cm³/mol. The molecule has 0 bridgehead atoms. The number of aliphatic carboxylic acids is 1. The predicted octanol–water partition coefficient (Wildman–Crippen LogP) is 3.85. The van der Waals surface area contributed by atoms with Crippen LogP contribution in [0.5, 0.6) is 0 Å². The molecule has 0 aliphatic rings. The fourth-order valence-electron chi connectivity index (χ4n) is 2.18. The summed E-state index contributed by atoms with van der Waals surface area (Å²) in [6.45, 7) is 0. The van der Waals surface area contributed by atoms with E-state index in [4.69, 9.17) is 10.9 Å². The van der Waals surface area contributed by atoms with Crippen LogP contribution >= 0.6 is 0 Å². The Morgan fingerprint density at radius 3 is 1.70 bits per heavy atom. The molecular formula is C18H32N2O3. The van der Waals surface area contributed by atoms with E-state index in [1.807, 2.05) is 0 Å². The molecule has 0 rings (SSSR count). The maximum Gasteiger partial charge on any atom is 0.303 e. The lowest BCUT2D eigenvalue weighted by atomic mass is 10.1. The van der Waals surface area contributed by atoms with Gasteiger partial charge in [0, 0.05) is 12.8 Å². The first-order chi connectivity index (χ1) is 11.2. The van der Waals surface area contributed by atoms with Crippen molar-refractivity contribution in [1.29, 1.82) is 0 Å². The highest BCUT2D eigenvalue weighted by Crippen LogP contribution is 2.06. The van der Waals surface area contributed by atoms with Crippen molar-refractivity contribution in [3.63, 3.8) is 0 Å². The number of carboxylic acid groups (broad SMARTS) is 1. The van der Waals surface area contributed by atoms with Crippen LogP contribution in [-0.2, 0) is 9.59 Å². The van der Waals surface area contributed by atoms with Gasteiger partial charge in [0.15, 0.2) is 0 Å². The van der Waals surface area contributed by atoms with Crippen molar-refractivity contribution >= 4 is 11.9 Å². The summed E-state index contributed by atoms with van der Waals surface area (Å²) in [6, 6.07) is 0. The molecule has 4 N–H and O–H groups in total. The topological polar surface area (TPSA) is 92.4 Å². The monoisotopic (exact) mass is 324 g/mol. The molecule has 0 aromatic rings. The van der Waals surface area contributed by atoms with Crippen LogP contribution in [-0.4, -0.2) is 17.0 Å². The second-order valence-electron chi connectivity index (χ2n) is 5.68. The van der Waals surface area contributed by atoms with Gasteiger partial charge >= 0.3 is 5.97 Å². The number of unbranched alkanes of at least 4 members (excludes halogenated alkanes) is 7.